The van der Waals surface area contributed by atoms with Crippen LogP contribution in [0.2, 0.25) is 0 Å². The molecule has 1 aromatic rings. The molecule has 1 atom stereocenters. The van der Waals surface area contributed by atoms with Crippen LogP contribution in [0.3, 0.4) is 0 Å². The van der Waals surface area contributed by atoms with Gasteiger partial charge in [0.2, 0.25) is 5.96 Å². The quantitative estimate of drug-likeness (QED) is 0.196. The zero-order valence-corrected chi connectivity index (χ0v) is 15.6. The van der Waals surface area contributed by atoms with Gasteiger partial charge in [-0.1, -0.05) is 19.2 Å². The number of hydrogen-bond acceptors (Lipinski definition) is 5. The highest BCUT2D eigenvalue weighted by atomic mass is 19.2. The Morgan fingerprint density at radius 3 is 2.68 bits per heavy atom. The summed E-state index contributed by atoms with van der Waals surface area (Å²) in [6, 6.07) is 3.19. The second-order valence-electron chi connectivity index (χ2n) is 5.66. The van der Waals surface area contributed by atoms with Crippen molar-refractivity contribution in [1.29, 1.82) is 0 Å². The van der Waals surface area contributed by atoms with E-state index in [1.165, 1.54) is 18.2 Å². The monoisotopic (exact) mass is 392 g/mol. The molecule has 0 heterocycles. The first kappa shape index (κ1) is 22.7. The number of allylic oxidation sites excluding steroid dienone is 3. The Hall–Kier alpha value is -3.33. The van der Waals surface area contributed by atoms with Crippen LogP contribution in [0, 0.1) is 16.5 Å². The van der Waals surface area contributed by atoms with E-state index in [0.717, 1.165) is 18.2 Å². The van der Waals surface area contributed by atoms with Crippen molar-refractivity contribution < 1.29 is 18.6 Å². The van der Waals surface area contributed by atoms with Gasteiger partial charge in [0, 0.05) is 35.7 Å². The fraction of sp³-hybridized carbons (Fsp3) is 0.211. The molecule has 0 aliphatic rings. The van der Waals surface area contributed by atoms with E-state index in [0.29, 0.717) is 17.9 Å². The van der Waals surface area contributed by atoms with Crippen molar-refractivity contribution in [3.8, 4) is 0 Å². The molecule has 0 radical (unpaired) electrons. The molecule has 0 saturated heterocycles. The highest BCUT2D eigenvalue weighted by molar-refractivity contribution is 5.87. The highest BCUT2D eigenvalue weighted by Crippen LogP contribution is 2.17. The number of hydrogen-bond donors (Lipinski definition) is 3. The molecule has 0 spiro atoms. The zero-order valence-electron chi connectivity index (χ0n) is 15.6. The van der Waals surface area contributed by atoms with Crippen LogP contribution in [-0.4, -0.2) is 30.8 Å². The lowest BCUT2D eigenvalue weighted by atomic mass is 10.2. The summed E-state index contributed by atoms with van der Waals surface area (Å²) < 4.78 is 31.6. The van der Waals surface area contributed by atoms with E-state index in [-0.39, 0.29) is 17.7 Å². The molecule has 150 valence electrons. The number of guanidine groups is 1. The van der Waals surface area contributed by atoms with E-state index < -0.39 is 17.5 Å². The van der Waals surface area contributed by atoms with Crippen molar-refractivity contribution >= 4 is 11.7 Å². The van der Waals surface area contributed by atoms with Gasteiger partial charge in [0.15, 0.2) is 11.6 Å². The number of aliphatic hydroxyl groups is 1. The molecular weight excluding hydrogens is 370 g/mol. The maximum Gasteiger partial charge on any atom is 0.252 e. The Bertz CT molecular complexity index is 819. The van der Waals surface area contributed by atoms with E-state index in [2.05, 4.69) is 34.0 Å². The summed E-state index contributed by atoms with van der Waals surface area (Å²) >= 11 is 0. The Balaban J connectivity index is 3.01. The molecule has 7 nitrogen and oxygen atoms in total. The van der Waals surface area contributed by atoms with Crippen LogP contribution < -0.4 is 10.6 Å². The molecule has 0 saturated carbocycles. The van der Waals surface area contributed by atoms with Gasteiger partial charge in [-0.2, -0.15) is 0 Å². The largest absolute Gasteiger partial charge is 0.491 e. The first-order chi connectivity index (χ1) is 13.3. The van der Waals surface area contributed by atoms with Gasteiger partial charge in [-0.25, -0.2) is 13.8 Å². The number of nitroso groups, excluding NO2 is 1. The molecule has 0 fully saturated rings. The Kier molecular flexibility index (Phi) is 9.24. The van der Waals surface area contributed by atoms with Gasteiger partial charge < -0.3 is 20.5 Å². The van der Waals surface area contributed by atoms with Crippen LogP contribution >= 0.6 is 0 Å². The van der Waals surface area contributed by atoms with Crippen molar-refractivity contribution in [3.05, 3.63) is 83.3 Å². The second-order valence-corrected chi connectivity index (χ2v) is 5.66. The average Bonchev–Trinajstić information content (AvgIpc) is 2.63. The number of halogens is 2. The van der Waals surface area contributed by atoms with E-state index in [4.69, 9.17) is 9.84 Å². The summed E-state index contributed by atoms with van der Waals surface area (Å²) in [4.78, 5) is 14.4. The van der Waals surface area contributed by atoms with Gasteiger partial charge in [-0.05, 0) is 31.2 Å². The summed E-state index contributed by atoms with van der Waals surface area (Å²) in [7, 11) is 1.55. The van der Waals surface area contributed by atoms with Crippen molar-refractivity contribution in [3.63, 3.8) is 0 Å². The third kappa shape index (κ3) is 7.92. The molecule has 9 heteroatoms. The summed E-state index contributed by atoms with van der Waals surface area (Å²) in [5.74, 6) is -2.43. The van der Waals surface area contributed by atoms with E-state index >= 15 is 0 Å². The second kappa shape index (κ2) is 11.4. The minimum Gasteiger partial charge on any atom is -0.491 e. The number of aliphatic imine (C=N–C) groups is 1. The number of ether oxygens (including phenoxy) is 1. The minimum atomic E-state index is -1.01. The van der Waals surface area contributed by atoms with E-state index in [9.17, 15) is 13.7 Å². The maximum absolute atomic E-state index is 13.4. The highest BCUT2D eigenvalue weighted by Gasteiger charge is 2.09. The lowest BCUT2D eigenvalue weighted by Crippen LogP contribution is -2.43. The summed E-state index contributed by atoms with van der Waals surface area (Å²) in [5.41, 5.74) is 0.826. The maximum atomic E-state index is 13.4. The van der Waals surface area contributed by atoms with Crippen LogP contribution in [0.1, 0.15) is 12.5 Å². The predicted molar refractivity (Wildman–Crippen MR) is 105 cm³/mol. The number of benzene rings is 1. The van der Waals surface area contributed by atoms with Crippen LogP contribution in [0.25, 0.3) is 5.70 Å². The van der Waals surface area contributed by atoms with Crippen molar-refractivity contribution in [2.75, 3.05) is 13.7 Å². The number of methoxy groups -OCH3 is 1. The first-order valence-corrected chi connectivity index (χ1v) is 8.12. The van der Waals surface area contributed by atoms with Crippen LogP contribution in [-0.2, 0) is 4.74 Å². The van der Waals surface area contributed by atoms with Crippen molar-refractivity contribution in [2.24, 2.45) is 10.2 Å². The molecule has 1 aromatic carbocycles. The number of nitrogens with one attached hydrogen (secondary N) is 2. The summed E-state index contributed by atoms with van der Waals surface area (Å²) in [5, 5.41) is 17.2. The Labute approximate surface area is 161 Å². The number of aliphatic hydroxyl groups excluding tert-OH is 1. The average molecular weight is 392 g/mol. The molecule has 0 aliphatic carbocycles. The minimum absolute atomic E-state index is 0.144. The summed E-state index contributed by atoms with van der Waals surface area (Å²) in [6.07, 6.45) is 3.89. The van der Waals surface area contributed by atoms with Crippen LogP contribution in [0.5, 0.6) is 0 Å². The molecular formula is C19H22F2N4O3. The van der Waals surface area contributed by atoms with Gasteiger partial charge in [0.1, 0.15) is 0 Å². The number of nitrogens with zero attached hydrogens (tertiary/aromatic N) is 2. The van der Waals surface area contributed by atoms with Gasteiger partial charge >= 0.3 is 0 Å². The van der Waals surface area contributed by atoms with Crippen molar-refractivity contribution in [2.45, 2.75) is 13.0 Å². The van der Waals surface area contributed by atoms with Gasteiger partial charge in [-0.15, -0.1) is 4.91 Å². The molecule has 1 unspecified atom stereocenters. The number of rotatable bonds is 9. The molecule has 0 aliphatic heterocycles. The molecule has 28 heavy (non-hydrogen) atoms. The predicted octanol–water partition coefficient (Wildman–Crippen LogP) is 3.74. The normalized spacial score (nSPS) is 13.3. The van der Waals surface area contributed by atoms with Gasteiger partial charge in [-0.3, -0.25) is 0 Å². The van der Waals surface area contributed by atoms with Crippen molar-refractivity contribution in [1.82, 2.24) is 10.6 Å². The molecule has 3 N–H and O–H groups in total. The Morgan fingerprint density at radius 1 is 1.36 bits per heavy atom. The van der Waals surface area contributed by atoms with Crippen LogP contribution in [0.4, 0.5) is 8.78 Å². The molecule has 1 rings (SSSR count). The fourth-order valence-electron chi connectivity index (χ4n) is 1.97. The van der Waals surface area contributed by atoms with Gasteiger partial charge in [0.05, 0.1) is 12.3 Å². The Morgan fingerprint density at radius 2 is 2.07 bits per heavy atom. The van der Waals surface area contributed by atoms with E-state index in [1.807, 2.05) is 6.92 Å². The molecule has 0 aromatic heterocycles. The molecule has 0 bridgehead atoms. The third-order valence-corrected chi connectivity index (χ3v) is 3.21. The van der Waals surface area contributed by atoms with Gasteiger partial charge in [0.25, 0.3) is 5.88 Å². The zero-order chi connectivity index (χ0) is 21.1. The van der Waals surface area contributed by atoms with E-state index in [1.54, 1.807) is 7.11 Å². The lowest BCUT2D eigenvalue weighted by molar-refractivity contribution is 0.179. The SMILES string of the molecule is C=C(/C=C\C=C(\O)N=O)N/C(=N\C(=C)c1ccc(F)c(F)c1)NC(C)COC. The van der Waals surface area contributed by atoms with Crippen LogP contribution in [0.15, 0.2) is 71.3 Å². The molecule has 0 amide bonds. The topological polar surface area (TPSA) is 95.3 Å². The summed E-state index contributed by atoms with van der Waals surface area (Å²) in [6.45, 7) is 9.76. The standard InChI is InChI=1S/C19H22F2N4O3/c1-12(6-5-7-18(26)25-27)22-19(23-13(2)11-28-4)24-14(3)15-8-9-16(20)17(21)10-15/h5-10,13,26H,1,3,11H2,2,4H3,(H2,22,23,24)/b6-5-,18-7+. The smallest absolute Gasteiger partial charge is 0.252 e. The lowest BCUT2D eigenvalue weighted by Gasteiger charge is -2.18. The fourth-order valence-corrected chi connectivity index (χ4v) is 1.97. The first-order valence-electron chi connectivity index (χ1n) is 8.12. The third-order valence-electron chi connectivity index (χ3n) is 3.21.